The van der Waals surface area contributed by atoms with Gasteiger partial charge in [0.2, 0.25) is 5.91 Å². The number of likely N-dealkylation sites (N-methyl/N-ethyl adjacent to an activating group) is 1. The number of amides is 2. The lowest BCUT2D eigenvalue weighted by Crippen LogP contribution is -2.46. The van der Waals surface area contributed by atoms with E-state index in [4.69, 9.17) is 4.74 Å². The minimum Gasteiger partial charge on any atom is -0.497 e. The molecule has 5 nitrogen and oxygen atoms in total. The number of fused-ring (bicyclic) bond motifs is 1. The van der Waals surface area contributed by atoms with Crippen molar-refractivity contribution in [2.45, 2.75) is 39.2 Å². The van der Waals surface area contributed by atoms with Crippen molar-refractivity contribution in [3.63, 3.8) is 0 Å². The van der Waals surface area contributed by atoms with Gasteiger partial charge in [-0.05, 0) is 63.1 Å². The van der Waals surface area contributed by atoms with Gasteiger partial charge in [0.25, 0.3) is 5.91 Å². The maximum atomic E-state index is 13.3. The third-order valence-corrected chi connectivity index (χ3v) is 5.52. The summed E-state index contributed by atoms with van der Waals surface area (Å²) in [5.74, 6) is 0.580. The number of hydrogen-bond donors (Lipinski definition) is 0. The van der Waals surface area contributed by atoms with Crippen molar-refractivity contribution in [1.29, 1.82) is 0 Å². The molecular formula is C23H28N2O3. The fourth-order valence-electron chi connectivity index (χ4n) is 3.98. The molecule has 0 aromatic heterocycles. The van der Waals surface area contributed by atoms with Crippen LogP contribution < -0.4 is 9.64 Å². The standard InChI is InChI=1S/C23H28N2O3/c1-5-24(6-2)23(27)20-15-16(3)25(21-10-8-7-9-19(20)21)22(26)17-11-13-18(28-4)14-12-17/h7-14,16,20H,5-6,15H2,1-4H3/t16-,20-/m0/s1. The van der Waals surface area contributed by atoms with Crippen LogP contribution in [-0.2, 0) is 4.79 Å². The fraction of sp³-hybridized carbons (Fsp3) is 0.391. The number of rotatable bonds is 5. The molecule has 28 heavy (non-hydrogen) atoms. The Morgan fingerprint density at radius 2 is 1.71 bits per heavy atom. The molecule has 0 bridgehead atoms. The first-order chi connectivity index (χ1) is 13.5. The van der Waals surface area contributed by atoms with Gasteiger partial charge in [-0.3, -0.25) is 9.59 Å². The number of benzene rings is 2. The van der Waals surface area contributed by atoms with E-state index in [0.29, 0.717) is 30.8 Å². The van der Waals surface area contributed by atoms with Gasteiger partial charge in [-0.1, -0.05) is 18.2 Å². The van der Waals surface area contributed by atoms with E-state index in [-0.39, 0.29) is 23.8 Å². The van der Waals surface area contributed by atoms with E-state index in [1.807, 2.05) is 54.8 Å². The van der Waals surface area contributed by atoms with Gasteiger partial charge < -0.3 is 14.5 Å². The van der Waals surface area contributed by atoms with Gasteiger partial charge in [0.15, 0.2) is 0 Å². The smallest absolute Gasteiger partial charge is 0.258 e. The second-order valence-corrected chi connectivity index (χ2v) is 7.11. The normalized spacial score (nSPS) is 18.4. The number of hydrogen-bond acceptors (Lipinski definition) is 3. The Hall–Kier alpha value is -2.82. The first kappa shape index (κ1) is 19.9. The summed E-state index contributed by atoms with van der Waals surface area (Å²) in [6.45, 7) is 7.39. The van der Waals surface area contributed by atoms with Gasteiger partial charge in [0.05, 0.1) is 13.0 Å². The number of para-hydroxylation sites is 1. The van der Waals surface area contributed by atoms with Crippen LogP contribution in [0, 0.1) is 0 Å². The van der Waals surface area contributed by atoms with E-state index in [0.717, 1.165) is 11.3 Å². The van der Waals surface area contributed by atoms with Crippen molar-refractivity contribution in [1.82, 2.24) is 4.90 Å². The molecule has 0 radical (unpaired) electrons. The van der Waals surface area contributed by atoms with Crippen LogP contribution in [0.15, 0.2) is 48.5 Å². The molecule has 0 N–H and O–H groups in total. The van der Waals surface area contributed by atoms with E-state index >= 15 is 0 Å². The summed E-state index contributed by atoms with van der Waals surface area (Å²) in [4.78, 5) is 30.1. The summed E-state index contributed by atoms with van der Waals surface area (Å²) >= 11 is 0. The summed E-state index contributed by atoms with van der Waals surface area (Å²) in [5.41, 5.74) is 2.36. The molecule has 2 aromatic rings. The van der Waals surface area contributed by atoms with Crippen molar-refractivity contribution in [2.75, 3.05) is 25.1 Å². The van der Waals surface area contributed by atoms with Crippen LogP contribution in [0.3, 0.4) is 0 Å². The highest BCUT2D eigenvalue weighted by Crippen LogP contribution is 2.40. The van der Waals surface area contributed by atoms with E-state index in [2.05, 4.69) is 0 Å². The Bertz CT molecular complexity index is 843. The molecule has 0 unspecified atom stereocenters. The molecule has 2 atom stereocenters. The summed E-state index contributed by atoms with van der Waals surface area (Å²) in [6, 6.07) is 14.8. The summed E-state index contributed by atoms with van der Waals surface area (Å²) in [5, 5.41) is 0. The van der Waals surface area contributed by atoms with Crippen molar-refractivity contribution in [2.24, 2.45) is 0 Å². The predicted octanol–water partition coefficient (Wildman–Crippen LogP) is 4.09. The minimum absolute atomic E-state index is 0.0589. The molecule has 0 fully saturated rings. The number of methoxy groups -OCH3 is 1. The Labute approximate surface area is 166 Å². The second kappa shape index (κ2) is 8.46. The molecule has 0 aliphatic carbocycles. The maximum Gasteiger partial charge on any atom is 0.258 e. The predicted molar refractivity (Wildman–Crippen MR) is 111 cm³/mol. The molecule has 0 saturated heterocycles. The van der Waals surface area contributed by atoms with Crippen LogP contribution in [0.25, 0.3) is 0 Å². The molecule has 2 aromatic carbocycles. The lowest BCUT2D eigenvalue weighted by atomic mass is 9.84. The number of nitrogens with zero attached hydrogens (tertiary/aromatic N) is 2. The monoisotopic (exact) mass is 380 g/mol. The lowest BCUT2D eigenvalue weighted by Gasteiger charge is -2.40. The van der Waals surface area contributed by atoms with Crippen LogP contribution in [-0.4, -0.2) is 43.0 Å². The molecule has 0 saturated carbocycles. The molecule has 0 spiro atoms. The zero-order valence-corrected chi connectivity index (χ0v) is 17.0. The molecule has 148 valence electrons. The average molecular weight is 380 g/mol. The lowest BCUT2D eigenvalue weighted by molar-refractivity contribution is -0.132. The number of carbonyl (C=O) groups excluding carboxylic acids is 2. The highest BCUT2D eigenvalue weighted by atomic mass is 16.5. The summed E-state index contributed by atoms with van der Waals surface area (Å²) < 4.78 is 5.19. The van der Waals surface area contributed by atoms with Gasteiger partial charge in [-0.15, -0.1) is 0 Å². The Morgan fingerprint density at radius 3 is 2.32 bits per heavy atom. The highest BCUT2D eigenvalue weighted by Gasteiger charge is 2.38. The molecule has 3 rings (SSSR count). The van der Waals surface area contributed by atoms with Crippen LogP contribution >= 0.6 is 0 Å². The van der Waals surface area contributed by atoms with E-state index in [1.165, 1.54) is 0 Å². The number of carbonyl (C=O) groups is 2. The zero-order valence-electron chi connectivity index (χ0n) is 17.0. The molecule has 5 heteroatoms. The average Bonchev–Trinajstić information content (AvgIpc) is 2.73. The van der Waals surface area contributed by atoms with Crippen molar-refractivity contribution in [3.05, 3.63) is 59.7 Å². The first-order valence-electron chi connectivity index (χ1n) is 9.87. The second-order valence-electron chi connectivity index (χ2n) is 7.11. The third-order valence-electron chi connectivity index (χ3n) is 5.52. The van der Waals surface area contributed by atoms with Gasteiger partial charge in [0, 0.05) is 30.4 Å². The summed E-state index contributed by atoms with van der Waals surface area (Å²) in [6.07, 6.45) is 0.619. The molecule has 2 amide bonds. The van der Waals surface area contributed by atoms with Gasteiger partial charge in [-0.25, -0.2) is 0 Å². The Balaban J connectivity index is 1.98. The van der Waals surface area contributed by atoms with Crippen LogP contribution in [0.4, 0.5) is 5.69 Å². The maximum absolute atomic E-state index is 13.3. The third kappa shape index (κ3) is 3.61. The largest absolute Gasteiger partial charge is 0.497 e. The van der Waals surface area contributed by atoms with Gasteiger partial charge >= 0.3 is 0 Å². The number of ether oxygens (including phenoxy) is 1. The minimum atomic E-state index is -0.217. The Morgan fingerprint density at radius 1 is 1.07 bits per heavy atom. The number of anilines is 1. The van der Waals surface area contributed by atoms with E-state index in [9.17, 15) is 9.59 Å². The van der Waals surface area contributed by atoms with Crippen LogP contribution in [0.2, 0.25) is 0 Å². The highest BCUT2D eigenvalue weighted by molar-refractivity contribution is 6.08. The van der Waals surface area contributed by atoms with Crippen molar-refractivity contribution in [3.8, 4) is 5.75 Å². The SMILES string of the molecule is CCN(CC)C(=O)[C@H]1C[C@H](C)N(C(=O)c2ccc(OC)cc2)c2ccccc21. The first-order valence-corrected chi connectivity index (χ1v) is 9.87. The van der Waals surface area contributed by atoms with E-state index < -0.39 is 0 Å². The van der Waals surface area contributed by atoms with Crippen molar-refractivity contribution >= 4 is 17.5 Å². The Kier molecular flexibility index (Phi) is 6.02. The topological polar surface area (TPSA) is 49.9 Å². The zero-order chi connectivity index (χ0) is 20.3. The summed E-state index contributed by atoms with van der Waals surface area (Å²) in [7, 11) is 1.60. The fourth-order valence-corrected chi connectivity index (χ4v) is 3.98. The van der Waals surface area contributed by atoms with E-state index in [1.54, 1.807) is 31.4 Å². The van der Waals surface area contributed by atoms with Crippen LogP contribution in [0.1, 0.15) is 49.0 Å². The molecule has 1 aliphatic heterocycles. The van der Waals surface area contributed by atoms with Gasteiger partial charge in [0.1, 0.15) is 5.75 Å². The molecular weight excluding hydrogens is 352 g/mol. The van der Waals surface area contributed by atoms with Gasteiger partial charge in [-0.2, -0.15) is 0 Å². The van der Waals surface area contributed by atoms with Crippen LogP contribution in [0.5, 0.6) is 5.75 Å². The molecule has 1 heterocycles. The molecule has 1 aliphatic rings. The quantitative estimate of drug-likeness (QED) is 0.785. The van der Waals surface area contributed by atoms with Crippen molar-refractivity contribution < 1.29 is 14.3 Å².